The van der Waals surface area contributed by atoms with Gasteiger partial charge in [-0.25, -0.2) is 14.4 Å². The number of hydrogen-bond donors (Lipinski definition) is 1. The van der Waals surface area contributed by atoms with Gasteiger partial charge in [-0.05, 0) is 101 Å². The summed E-state index contributed by atoms with van der Waals surface area (Å²) in [5.74, 6) is -0.420. The number of likely N-dealkylation sites (tertiary alicyclic amines) is 1. The summed E-state index contributed by atoms with van der Waals surface area (Å²) in [7, 11) is 1.38. The summed E-state index contributed by atoms with van der Waals surface area (Å²) in [4.78, 5) is 43.6. The first-order valence-corrected chi connectivity index (χ1v) is 15.6. The Labute approximate surface area is 259 Å². The molecule has 1 spiro atoms. The van der Waals surface area contributed by atoms with Gasteiger partial charge >= 0.3 is 18.2 Å². The standard InChI is InChI=1S/C34H45N3O7/c1-7-36(25-10-14-35(15-11-25)32(41)44-33(3,4)5)28-20-24(18-26(22(28)2)30(38)42-6)23-8-9-27-29(19-23)37(31(39)40)21-34(27)12-16-43-17-13-34/h8-9,18-20,25H,7,10-17,21H2,1-6H3,(H,39,40). The first-order valence-electron chi connectivity index (χ1n) is 15.6. The van der Waals surface area contributed by atoms with E-state index in [9.17, 15) is 19.5 Å². The van der Waals surface area contributed by atoms with E-state index < -0.39 is 17.7 Å². The number of amides is 2. The van der Waals surface area contributed by atoms with Crippen molar-refractivity contribution in [3.05, 3.63) is 47.0 Å². The van der Waals surface area contributed by atoms with Gasteiger partial charge < -0.3 is 29.1 Å². The van der Waals surface area contributed by atoms with Crippen LogP contribution in [0.15, 0.2) is 30.3 Å². The molecule has 0 bridgehead atoms. The van der Waals surface area contributed by atoms with Crippen molar-refractivity contribution in [1.29, 1.82) is 0 Å². The number of ether oxygens (including phenoxy) is 3. The highest BCUT2D eigenvalue weighted by Crippen LogP contribution is 2.48. The van der Waals surface area contributed by atoms with E-state index in [0.717, 1.165) is 53.6 Å². The summed E-state index contributed by atoms with van der Waals surface area (Å²) >= 11 is 0. The third-order valence-electron chi connectivity index (χ3n) is 9.33. The van der Waals surface area contributed by atoms with Gasteiger partial charge in [-0.15, -0.1) is 0 Å². The number of carbonyl (C=O) groups is 3. The molecular weight excluding hydrogens is 562 g/mol. The lowest BCUT2D eigenvalue weighted by Gasteiger charge is -2.40. The molecule has 0 radical (unpaired) electrons. The van der Waals surface area contributed by atoms with Crippen molar-refractivity contribution < 1.29 is 33.7 Å². The zero-order valence-electron chi connectivity index (χ0n) is 26.8. The summed E-state index contributed by atoms with van der Waals surface area (Å²) in [5, 5.41) is 10.1. The maximum absolute atomic E-state index is 13.0. The quantitative estimate of drug-likeness (QED) is 0.399. The minimum Gasteiger partial charge on any atom is -0.465 e. The molecule has 0 aromatic heterocycles. The number of esters is 1. The highest BCUT2D eigenvalue weighted by atomic mass is 16.6. The molecule has 3 aliphatic heterocycles. The van der Waals surface area contributed by atoms with E-state index in [1.165, 1.54) is 12.0 Å². The zero-order chi connectivity index (χ0) is 31.8. The van der Waals surface area contributed by atoms with Crippen LogP contribution in [0.25, 0.3) is 11.1 Å². The number of carbonyl (C=O) groups excluding carboxylic acids is 2. The third kappa shape index (κ3) is 6.09. The number of hydrogen-bond acceptors (Lipinski definition) is 7. The number of piperidine rings is 1. The van der Waals surface area contributed by atoms with E-state index in [1.807, 2.05) is 45.9 Å². The Balaban J connectivity index is 1.50. The maximum atomic E-state index is 13.0. The van der Waals surface area contributed by atoms with Crippen molar-refractivity contribution in [3.63, 3.8) is 0 Å². The second kappa shape index (κ2) is 12.3. The van der Waals surface area contributed by atoms with E-state index in [0.29, 0.717) is 50.6 Å². The van der Waals surface area contributed by atoms with Gasteiger partial charge in [0, 0.05) is 56.5 Å². The smallest absolute Gasteiger partial charge is 0.411 e. The van der Waals surface area contributed by atoms with E-state index in [-0.39, 0.29) is 17.6 Å². The molecule has 0 unspecified atom stereocenters. The molecule has 2 amide bonds. The number of rotatable bonds is 5. The van der Waals surface area contributed by atoms with Crippen LogP contribution in [-0.2, 0) is 19.6 Å². The Morgan fingerprint density at radius 3 is 2.34 bits per heavy atom. The number of benzene rings is 2. The average Bonchev–Trinajstić information content (AvgIpc) is 3.30. The van der Waals surface area contributed by atoms with Crippen molar-refractivity contribution in [3.8, 4) is 11.1 Å². The van der Waals surface area contributed by atoms with Crippen LogP contribution in [0.2, 0.25) is 0 Å². The number of carboxylic acid groups (broad SMARTS) is 1. The van der Waals surface area contributed by atoms with Crippen LogP contribution >= 0.6 is 0 Å². The summed E-state index contributed by atoms with van der Waals surface area (Å²) in [6, 6.07) is 10.1. The molecule has 0 saturated carbocycles. The van der Waals surface area contributed by atoms with Gasteiger partial charge in [0.2, 0.25) is 0 Å². The van der Waals surface area contributed by atoms with Crippen molar-refractivity contribution in [2.75, 3.05) is 56.3 Å². The van der Waals surface area contributed by atoms with Gasteiger partial charge in [0.15, 0.2) is 0 Å². The molecule has 1 N–H and O–H groups in total. The van der Waals surface area contributed by atoms with Crippen LogP contribution in [0.3, 0.4) is 0 Å². The molecule has 2 fully saturated rings. The molecule has 3 heterocycles. The monoisotopic (exact) mass is 607 g/mol. The average molecular weight is 608 g/mol. The largest absolute Gasteiger partial charge is 0.465 e. The minimum absolute atomic E-state index is 0.161. The minimum atomic E-state index is -0.971. The second-order valence-corrected chi connectivity index (χ2v) is 13.1. The molecule has 3 aliphatic rings. The highest BCUT2D eigenvalue weighted by molar-refractivity contribution is 5.96. The van der Waals surface area contributed by atoms with Gasteiger partial charge in [0.05, 0.1) is 18.4 Å². The molecule has 2 aromatic carbocycles. The van der Waals surface area contributed by atoms with Gasteiger partial charge in [-0.1, -0.05) is 12.1 Å². The van der Waals surface area contributed by atoms with Crippen LogP contribution in [-0.4, -0.2) is 86.3 Å². The normalized spacial score (nSPS) is 18.2. The second-order valence-electron chi connectivity index (χ2n) is 13.1. The fraction of sp³-hybridized carbons (Fsp3) is 0.559. The molecule has 5 rings (SSSR count). The lowest BCUT2D eigenvalue weighted by atomic mass is 9.75. The van der Waals surface area contributed by atoms with Crippen molar-refractivity contribution in [1.82, 2.24) is 4.90 Å². The summed E-state index contributed by atoms with van der Waals surface area (Å²) < 4.78 is 16.4. The Bertz CT molecular complexity index is 1420. The van der Waals surface area contributed by atoms with E-state index >= 15 is 0 Å². The first kappa shape index (κ1) is 31.6. The summed E-state index contributed by atoms with van der Waals surface area (Å²) in [5.41, 5.74) is 4.83. The van der Waals surface area contributed by atoms with Crippen LogP contribution < -0.4 is 9.80 Å². The van der Waals surface area contributed by atoms with Crippen LogP contribution in [0, 0.1) is 6.92 Å². The number of anilines is 2. The highest BCUT2D eigenvalue weighted by Gasteiger charge is 2.46. The van der Waals surface area contributed by atoms with Crippen molar-refractivity contribution in [2.45, 2.75) is 77.4 Å². The Kier molecular flexibility index (Phi) is 8.84. The van der Waals surface area contributed by atoms with E-state index in [1.54, 1.807) is 4.90 Å². The molecule has 0 atom stereocenters. The maximum Gasteiger partial charge on any atom is 0.411 e. The molecule has 10 heteroatoms. The topological polar surface area (TPSA) is 109 Å². The number of methoxy groups -OCH3 is 1. The van der Waals surface area contributed by atoms with Crippen LogP contribution in [0.5, 0.6) is 0 Å². The van der Waals surface area contributed by atoms with Crippen LogP contribution in [0.4, 0.5) is 21.0 Å². The fourth-order valence-electron chi connectivity index (χ4n) is 7.01. The zero-order valence-corrected chi connectivity index (χ0v) is 26.8. The predicted octanol–water partition coefficient (Wildman–Crippen LogP) is 6.22. The number of fused-ring (bicyclic) bond motifs is 2. The molecule has 2 aromatic rings. The predicted molar refractivity (Wildman–Crippen MR) is 169 cm³/mol. The summed E-state index contributed by atoms with van der Waals surface area (Å²) in [6.07, 6.45) is 1.83. The molecule has 2 saturated heterocycles. The molecule has 44 heavy (non-hydrogen) atoms. The first-order chi connectivity index (χ1) is 20.9. The van der Waals surface area contributed by atoms with Gasteiger partial charge in [-0.3, -0.25) is 4.90 Å². The number of nitrogens with zero attached hydrogens (tertiary/aromatic N) is 3. The van der Waals surface area contributed by atoms with Crippen molar-refractivity contribution >= 4 is 29.5 Å². The lowest BCUT2D eigenvalue weighted by Crippen LogP contribution is -2.48. The Morgan fingerprint density at radius 2 is 1.75 bits per heavy atom. The van der Waals surface area contributed by atoms with Crippen molar-refractivity contribution in [2.24, 2.45) is 0 Å². The molecule has 10 nitrogen and oxygen atoms in total. The summed E-state index contributed by atoms with van der Waals surface area (Å²) in [6.45, 7) is 13.2. The van der Waals surface area contributed by atoms with Gasteiger partial charge in [0.25, 0.3) is 0 Å². The Morgan fingerprint density at radius 1 is 1.07 bits per heavy atom. The van der Waals surface area contributed by atoms with E-state index in [2.05, 4.69) is 24.0 Å². The molecule has 0 aliphatic carbocycles. The third-order valence-corrected chi connectivity index (χ3v) is 9.33. The molecular formula is C34H45N3O7. The Hall–Kier alpha value is -3.79. The lowest BCUT2D eigenvalue weighted by molar-refractivity contribution is 0.0204. The van der Waals surface area contributed by atoms with Gasteiger partial charge in [0.1, 0.15) is 5.60 Å². The SMILES string of the molecule is CCN(c1cc(-c2ccc3c(c2)N(C(=O)O)CC32CCOCC2)cc(C(=O)OC)c1C)C1CCN(C(=O)OC(C)(C)C)CC1. The fourth-order valence-corrected chi connectivity index (χ4v) is 7.01. The van der Waals surface area contributed by atoms with Gasteiger partial charge in [-0.2, -0.15) is 0 Å². The van der Waals surface area contributed by atoms with Crippen LogP contribution in [0.1, 0.15) is 74.9 Å². The van der Waals surface area contributed by atoms with E-state index in [4.69, 9.17) is 14.2 Å². The molecule has 238 valence electrons.